The van der Waals surface area contributed by atoms with E-state index in [-0.39, 0.29) is 29.9 Å². The Bertz CT molecular complexity index is 1110. The van der Waals surface area contributed by atoms with Crippen LogP contribution in [0.2, 0.25) is 0 Å². The van der Waals surface area contributed by atoms with Crippen molar-refractivity contribution in [3.63, 3.8) is 0 Å². The second-order valence-electron chi connectivity index (χ2n) is 7.15. The van der Waals surface area contributed by atoms with Gasteiger partial charge in [0.1, 0.15) is 12.4 Å². The minimum Gasteiger partial charge on any atom is -0.486 e. The highest BCUT2D eigenvalue weighted by atomic mass is 19.1. The van der Waals surface area contributed by atoms with Crippen LogP contribution in [0.1, 0.15) is 50.4 Å². The Morgan fingerprint density at radius 2 is 1.74 bits per heavy atom. The zero-order chi connectivity index (χ0) is 22.5. The number of aryl methyl sites for hydroxylation is 1. The van der Waals surface area contributed by atoms with Crippen molar-refractivity contribution >= 4 is 11.9 Å². The number of nitrogens with one attached hydrogen (secondary N) is 1. The second-order valence-corrected chi connectivity index (χ2v) is 7.15. The van der Waals surface area contributed by atoms with Crippen LogP contribution in [-0.4, -0.2) is 17.0 Å². The molecule has 3 aromatic carbocycles. The molecule has 0 aliphatic rings. The first-order valence-electron chi connectivity index (χ1n) is 9.56. The van der Waals surface area contributed by atoms with Crippen molar-refractivity contribution in [3.8, 4) is 5.75 Å². The molecule has 0 aliphatic heterocycles. The van der Waals surface area contributed by atoms with Crippen LogP contribution < -0.4 is 10.1 Å². The number of aromatic carboxylic acids is 1. The average Bonchev–Trinajstić information content (AvgIpc) is 2.75. The Morgan fingerprint density at radius 3 is 2.42 bits per heavy atom. The van der Waals surface area contributed by atoms with Crippen LogP contribution >= 0.6 is 0 Å². The van der Waals surface area contributed by atoms with Crippen LogP contribution in [-0.2, 0) is 6.61 Å². The van der Waals surface area contributed by atoms with E-state index in [1.54, 1.807) is 37.3 Å². The van der Waals surface area contributed by atoms with Crippen molar-refractivity contribution in [2.75, 3.05) is 0 Å². The van der Waals surface area contributed by atoms with E-state index in [0.29, 0.717) is 11.1 Å². The molecule has 0 radical (unpaired) electrons. The fourth-order valence-corrected chi connectivity index (χ4v) is 3.04. The van der Waals surface area contributed by atoms with Gasteiger partial charge in [0.2, 0.25) is 0 Å². The molecule has 0 aliphatic carbocycles. The maximum absolute atomic E-state index is 13.8. The largest absolute Gasteiger partial charge is 0.486 e. The van der Waals surface area contributed by atoms with Gasteiger partial charge in [-0.2, -0.15) is 0 Å². The van der Waals surface area contributed by atoms with Crippen molar-refractivity contribution < 1.29 is 28.2 Å². The third-order valence-electron chi connectivity index (χ3n) is 4.79. The van der Waals surface area contributed by atoms with Gasteiger partial charge in [-0.3, -0.25) is 4.79 Å². The van der Waals surface area contributed by atoms with Crippen LogP contribution in [0.4, 0.5) is 8.78 Å². The number of hydrogen-bond donors (Lipinski definition) is 2. The van der Waals surface area contributed by atoms with E-state index in [1.165, 1.54) is 12.1 Å². The maximum Gasteiger partial charge on any atom is 0.335 e. The smallest absolute Gasteiger partial charge is 0.335 e. The quantitative estimate of drug-likeness (QED) is 0.556. The minimum absolute atomic E-state index is 0.120. The average molecular weight is 425 g/mol. The number of rotatable bonds is 7. The predicted molar refractivity (Wildman–Crippen MR) is 111 cm³/mol. The summed E-state index contributed by atoms with van der Waals surface area (Å²) in [6.45, 7) is 3.49. The summed E-state index contributed by atoms with van der Waals surface area (Å²) in [5, 5.41) is 11.9. The molecule has 0 aromatic heterocycles. The zero-order valence-electron chi connectivity index (χ0n) is 17.0. The summed E-state index contributed by atoms with van der Waals surface area (Å²) < 4.78 is 32.6. The SMILES string of the molecule is Cc1ccc(COc2cc(F)ccc2F)c(C(=O)N[C@@H](C)c2ccc(C(=O)O)cc2)c1. The summed E-state index contributed by atoms with van der Waals surface area (Å²) in [6, 6.07) is 14.0. The third kappa shape index (κ3) is 5.45. The maximum atomic E-state index is 13.8. The van der Waals surface area contributed by atoms with Gasteiger partial charge >= 0.3 is 5.97 Å². The van der Waals surface area contributed by atoms with Crippen LogP contribution in [0, 0.1) is 18.6 Å². The van der Waals surface area contributed by atoms with Gasteiger partial charge in [0.15, 0.2) is 11.6 Å². The zero-order valence-corrected chi connectivity index (χ0v) is 17.0. The number of halogens is 2. The van der Waals surface area contributed by atoms with Crippen molar-refractivity contribution in [3.05, 3.63) is 100 Å². The Morgan fingerprint density at radius 1 is 1.03 bits per heavy atom. The molecular weight excluding hydrogens is 404 g/mol. The van der Waals surface area contributed by atoms with E-state index in [9.17, 15) is 18.4 Å². The molecule has 0 saturated heterocycles. The van der Waals surface area contributed by atoms with E-state index >= 15 is 0 Å². The first-order chi connectivity index (χ1) is 14.7. The van der Waals surface area contributed by atoms with Crippen LogP contribution in [0.3, 0.4) is 0 Å². The van der Waals surface area contributed by atoms with Crippen molar-refractivity contribution in [2.45, 2.75) is 26.5 Å². The minimum atomic E-state index is -1.03. The lowest BCUT2D eigenvalue weighted by atomic mass is 10.0. The van der Waals surface area contributed by atoms with Crippen molar-refractivity contribution in [1.29, 1.82) is 0 Å². The molecule has 160 valence electrons. The van der Waals surface area contributed by atoms with Gasteiger partial charge in [-0.25, -0.2) is 13.6 Å². The first-order valence-corrected chi connectivity index (χ1v) is 9.56. The van der Waals surface area contributed by atoms with E-state index in [1.807, 2.05) is 6.92 Å². The highest BCUT2D eigenvalue weighted by molar-refractivity contribution is 5.96. The summed E-state index contributed by atoms with van der Waals surface area (Å²) in [5.41, 5.74) is 2.62. The third-order valence-corrected chi connectivity index (χ3v) is 4.79. The first kappa shape index (κ1) is 22.0. The van der Waals surface area contributed by atoms with E-state index in [4.69, 9.17) is 9.84 Å². The van der Waals surface area contributed by atoms with Gasteiger partial charge in [-0.05, 0) is 49.7 Å². The van der Waals surface area contributed by atoms with Gasteiger partial charge < -0.3 is 15.2 Å². The highest BCUT2D eigenvalue weighted by Gasteiger charge is 2.17. The van der Waals surface area contributed by atoms with Crippen LogP contribution in [0.5, 0.6) is 5.75 Å². The van der Waals surface area contributed by atoms with E-state index in [2.05, 4.69) is 5.32 Å². The molecule has 31 heavy (non-hydrogen) atoms. The molecule has 7 heteroatoms. The van der Waals surface area contributed by atoms with Gasteiger partial charge in [0, 0.05) is 17.2 Å². The molecule has 0 unspecified atom stereocenters. The molecule has 3 aromatic rings. The Hall–Kier alpha value is -3.74. The monoisotopic (exact) mass is 425 g/mol. The number of carbonyl (C=O) groups excluding carboxylic acids is 1. The topological polar surface area (TPSA) is 75.6 Å². The molecule has 1 atom stereocenters. The normalized spacial score (nSPS) is 11.6. The predicted octanol–water partition coefficient (Wildman–Crippen LogP) is 5.04. The highest BCUT2D eigenvalue weighted by Crippen LogP contribution is 2.22. The number of amides is 1. The van der Waals surface area contributed by atoms with Crippen LogP contribution in [0.25, 0.3) is 0 Å². The molecule has 0 bridgehead atoms. The van der Waals surface area contributed by atoms with Crippen LogP contribution in [0.15, 0.2) is 60.7 Å². The summed E-state index contributed by atoms with van der Waals surface area (Å²) in [4.78, 5) is 23.9. The standard InChI is InChI=1S/C24H21F2NO4/c1-14-3-4-18(13-31-22-12-19(25)9-10-21(22)26)20(11-14)23(28)27-15(2)16-5-7-17(8-6-16)24(29)30/h3-12,15H,13H2,1-2H3,(H,27,28)(H,29,30)/t15-/m0/s1. The molecular formula is C24H21F2NO4. The number of hydrogen-bond acceptors (Lipinski definition) is 3. The fourth-order valence-electron chi connectivity index (χ4n) is 3.04. The lowest BCUT2D eigenvalue weighted by Crippen LogP contribution is -2.28. The molecule has 2 N–H and O–H groups in total. The second kappa shape index (κ2) is 9.38. The summed E-state index contributed by atoms with van der Waals surface area (Å²) in [7, 11) is 0. The number of carboxylic acid groups (broad SMARTS) is 1. The lowest BCUT2D eigenvalue weighted by Gasteiger charge is -2.17. The van der Waals surface area contributed by atoms with Gasteiger partial charge in [-0.1, -0.05) is 29.8 Å². The molecule has 5 nitrogen and oxygen atoms in total. The fraction of sp³-hybridized carbons (Fsp3) is 0.167. The Kier molecular flexibility index (Phi) is 6.65. The molecule has 0 spiro atoms. The molecule has 0 saturated carbocycles. The van der Waals surface area contributed by atoms with Gasteiger partial charge in [-0.15, -0.1) is 0 Å². The Labute approximate surface area is 178 Å². The van der Waals surface area contributed by atoms with Gasteiger partial charge in [0.25, 0.3) is 5.91 Å². The lowest BCUT2D eigenvalue weighted by molar-refractivity contribution is 0.0696. The molecule has 0 fully saturated rings. The molecule has 1 amide bonds. The number of carbonyl (C=O) groups is 2. The number of carboxylic acids is 1. The Balaban J connectivity index is 1.76. The van der Waals surface area contributed by atoms with E-state index in [0.717, 1.165) is 29.3 Å². The summed E-state index contributed by atoms with van der Waals surface area (Å²) in [5.74, 6) is -2.95. The van der Waals surface area contributed by atoms with Gasteiger partial charge in [0.05, 0.1) is 11.6 Å². The van der Waals surface area contributed by atoms with E-state index < -0.39 is 17.6 Å². The number of benzene rings is 3. The molecule has 3 rings (SSSR count). The number of ether oxygens (including phenoxy) is 1. The summed E-state index contributed by atoms with van der Waals surface area (Å²) >= 11 is 0. The summed E-state index contributed by atoms with van der Waals surface area (Å²) in [6.07, 6.45) is 0. The van der Waals surface area contributed by atoms with Crippen molar-refractivity contribution in [2.24, 2.45) is 0 Å². The van der Waals surface area contributed by atoms with Crippen molar-refractivity contribution in [1.82, 2.24) is 5.32 Å². The molecule has 0 heterocycles.